The smallest absolute Gasteiger partial charge is 0.340 e. The van der Waals surface area contributed by atoms with E-state index in [1.807, 2.05) is 0 Å². The summed E-state index contributed by atoms with van der Waals surface area (Å²) in [5.41, 5.74) is 0.413. The third kappa shape index (κ3) is 5.10. The molecule has 1 rings (SSSR count). The van der Waals surface area contributed by atoms with Crippen LogP contribution in [0, 0.1) is 0 Å². The fourth-order valence-electron chi connectivity index (χ4n) is 1.85. The van der Waals surface area contributed by atoms with Crippen LogP contribution in [0.3, 0.4) is 0 Å². The predicted molar refractivity (Wildman–Crippen MR) is 88.0 cm³/mol. The first kappa shape index (κ1) is 18.2. The van der Waals surface area contributed by atoms with Crippen molar-refractivity contribution >= 4 is 23.5 Å². The minimum Gasteiger partial charge on any atom is -0.462 e. The van der Waals surface area contributed by atoms with Crippen molar-refractivity contribution in [3.8, 4) is 0 Å². The topological polar surface area (TPSA) is 75.7 Å². The molecule has 0 radical (unpaired) electrons. The highest BCUT2D eigenvalue weighted by atomic mass is 16.5. The molecule has 6 heteroatoms. The van der Waals surface area contributed by atoms with Crippen LogP contribution in [-0.2, 0) is 14.3 Å². The molecule has 6 nitrogen and oxygen atoms in total. The van der Waals surface area contributed by atoms with E-state index in [0.29, 0.717) is 0 Å². The summed E-state index contributed by atoms with van der Waals surface area (Å²) < 4.78 is 4.92. The zero-order valence-corrected chi connectivity index (χ0v) is 13.1. The molecule has 0 aromatic heterocycles. The molecule has 0 atom stereocenters. The number of carbonyl (C=O) groups excluding carboxylic acids is 3. The number of nitrogens with one attached hydrogen (secondary N) is 1. The van der Waals surface area contributed by atoms with Crippen LogP contribution >= 0.6 is 0 Å². The van der Waals surface area contributed by atoms with Crippen LogP contribution in [0.1, 0.15) is 17.3 Å². The molecule has 122 valence electrons. The number of amides is 2. The van der Waals surface area contributed by atoms with Gasteiger partial charge in [0.1, 0.15) is 0 Å². The van der Waals surface area contributed by atoms with Gasteiger partial charge in [-0.3, -0.25) is 9.59 Å². The van der Waals surface area contributed by atoms with E-state index in [4.69, 9.17) is 4.74 Å². The second-order valence-electron chi connectivity index (χ2n) is 4.51. The van der Waals surface area contributed by atoms with Crippen LogP contribution in [0.5, 0.6) is 0 Å². The summed E-state index contributed by atoms with van der Waals surface area (Å²) >= 11 is 0. The van der Waals surface area contributed by atoms with Crippen molar-refractivity contribution < 1.29 is 19.1 Å². The van der Waals surface area contributed by atoms with E-state index >= 15 is 0 Å². The Morgan fingerprint density at radius 1 is 1.17 bits per heavy atom. The molecule has 0 bridgehead atoms. The molecule has 2 amide bonds. The summed E-state index contributed by atoms with van der Waals surface area (Å²) in [4.78, 5) is 37.4. The van der Waals surface area contributed by atoms with Crippen molar-refractivity contribution in [1.82, 2.24) is 4.90 Å². The second kappa shape index (κ2) is 9.19. The number of esters is 1. The monoisotopic (exact) mass is 316 g/mol. The van der Waals surface area contributed by atoms with Gasteiger partial charge in [0.15, 0.2) is 0 Å². The highest BCUT2D eigenvalue weighted by Gasteiger charge is 2.22. The normalized spacial score (nSPS) is 9.61. The first-order valence-corrected chi connectivity index (χ1v) is 7.13. The Bertz CT molecular complexity index is 600. The van der Waals surface area contributed by atoms with E-state index in [0.717, 1.165) is 0 Å². The Kier molecular flexibility index (Phi) is 7.26. The molecule has 0 aliphatic heterocycles. The van der Waals surface area contributed by atoms with E-state index < -0.39 is 17.8 Å². The lowest BCUT2D eigenvalue weighted by Crippen LogP contribution is -2.40. The molecule has 23 heavy (non-hydrogen) atoms. The van der Waals surface area contributed by atoms with E-state index in [1.165, 1.54) is 29.2 Å². The maximum atomic E-state index is 12.1. The molecule has 0 spiro atoms. The Labute approximate surface area is 135 Å². The van der Waals surface area contributed by atoms with Crippen molar-refractivity contribution in [3.05, 3.63) is 55.1 Å². The van der Waals surface area contributed by atoms with Crippen molar-refractivity contribution in [1.29, 1.82) is 0 Å². The number of para-hydroxylation sites is 1. The number of anilines is 1. The number of hydrogen-bond acceptors (Lipinski definition) is 4. The number of carbonyl (C=O) groups is 3. The minimum absolute atomic E-state index is 0.189. The van der Waals surface area contributed by atoms with Gasteiger partial charge >= 0.3 is 17.8 Å². The first-order valence-electron chi connectivity index (χ1n) is 7.13. The van der Waals surface area contributed by atoms with Gasteiger partial charge in [-0.25, -0.2) is 4.79 Å². The summed E-state index contributed by atoms with van der Waals surface area (Å²) in [5, 5.41) is 2.45. The van der Waals surface area contributed by atoms with Gasteiger partial charge in [0.25, 0.3) is 0 Å². The highest BCUT2D eigenvalue weighted by Crippen LogP contribution is 2.16. The number of hydrogen-bond donors (Lipinski definition) is 1. The number of benzene rings is 1. The van der Waals surface area contributed by atoms with Gasteiger partial charge in [0.2, 0.25) is 0 Å². The van der Waals surface area contributed by atoms with E-state index in [2.05, 4.69) is 18.5 Å². The molecule has 0 heterocycles. The van der Waals surface area contributed by atoms with Gasteiger partial charge < -0.3 is 15.0 Å². The lowest BCUT2D eigenvalue weighted by Gasteiger charge is -2.19. The molecule has 0 saturated carbocycles. The van der Waals surface area contributed by atoms with Gasteiger partial charge in [0.05, 0.1) is 17.9 Å². The average molecular weight is 316 g/mol. The highest BCUT2D eigenvalue weighted by molar-refractivity contribution is 6.39. The van der Waals surface area contributed by atoms with Gasteiger partial charge in [-0.15, -0.1) is 13.2 Å². The third-order valence-electron chi connectivity index (χ3n) is 2.85. The molecule has 0 saturated heterocycles. The maximum Gasteiger partial charge on any atom is 0.340 e. The van der Waals surface area contributed by atoms with E-state index in [-0.39, 0.29) is 30.9 Å². The Morgan fingerprint density at radius 2 is 1.78 bits per heavy atom. The fraction of sp³-hybridized carbons (Fsp3) is 0.235. The summed E-state index contributed by atoms with van der Waals surface area (Å²) in [6.45, 7) is 9.43. The van der Waals surface area contributed by atoms with Gasteiger partial charge in [-0.1, -0.05) is 24.3 Å². The minimum atomic E-state index is -0.842. The number of nitrogens with zero attached hydrogens (tertiary/aromatic N) is 1. The molecule has 1 aromatic rings. The van der Waals surface area contributed by atoms with E-state index in [1.54, 1.807) is 19.1 Å². The zero-order chi connectivity index (χ0) is 17.2. The van der Waals surface area contributed by atoms with Crippen LogP contribution in [0.15, 0.2) is 49.6 Å². The molecule has 0 aliphatic carbocycles. The van der Waals surface area contributed by atoms with Gasteiger partial charge in [-0.05, 0) is 19.1 Å². The molecule has 0 aliphatic rings. The van der Waals surface area contributed by atoms with Crippen molar-refractivity contribution in [2.45, 2.75) is 6.92 Å². The molecular formula is C17H20N2O4. The maximum absolute atomic E-state index is 12.1. The van der Waals surface area contributed by atoms with Crippen LogP contribution in [-0.4, -0.2) is 42.4 Å². The third-order valence-corrected chi connectivity index (χ3v) is 2.85. The van der Waals surface area contributed by atoms with Gasteiger partial charge in [-0.2, -0.15) is 0 Å². The second-order valence-corrected chi connectivity index (χ2v) is 4.51. The summed E-state index contributed by atoms with van der Waals surface area (Å²) in [6, 6.07) is 6.34. The standard InChI is InChI=1S/C17H20N2O4/c1-4-11-19(12-5-2)16(21)15(20)18-14-10-8-7-9-13(14)17(22)23-6-3/h4-5,7-10H,1-2,6,11-12H2,3H3,(H,18,20). The Balaban J connectivity index is 2.92. The number of ether oxygens (including phenoxy) is 1. The van der Waals surface area contributed by atoms with Gasteiger partial charge in [0, 0.05) is 13.1 Å². The largest absolute Gasteiger partial charge is 0.462 e. The quantitative estimate of drug-likeness (QED) is 0.474. The molecule has 0 fully saturated rings. The van der Waals surface area contributed by atoms with Crippen molar-refractivity contribution in [2.24, 2.45) is 0 Å². The summed E-state index contributed by atoms with van der Waals surface area (Å²) in [7, 11) is 0. The molecule has 1 aromatic carbocycles. The van der Waals surface area contributed by atoms with Crippen molar-refractivity contribution in [3.63, 3.8) is 0 Å². The molecular weight excluding hydrogens is 296 g/mol. The average Bonchev–Trinajstić information content (AvgIpc) is 2.54. The summed E-state index contributed by atoms with van der Waals surface area (Å²) in [6.07, 6.45) is 3.03. The van der Waals surface area contributed by atoms with Crippen LogP contribution < -0.4 is 5.32 Å². The summed E-state index contributed by atoms with van der Waals surface area (Å²) in [5.74, 6) is -2.14. The molecule has 1 N–H and O–H groups in total. The zero-order valence-electron chi connectivity index (χ0n) is 13.1. The lowest BCUT2D eigenvalue weighted by atomic mass is 10.2. The van der Waals surface area contributed by atoms with Crippen LogP contribution in [0.25, 0.3) is 0 Å². The SMILES string of the molecule is C=CCN(CC=C)C(=O)C(=O)Nc1ccccc1C(=O)OCC. The Morgan fingerprint density at radius 3 is 2.35 bits per heavy atom. The molecule has 0 unspecified atom stereocenters. The fourth-order valence-corrected chi connectivity index (χ4v) is 1.85. The Hall–Kier alpha value is -2.89. The van der Waals surface area contributed by atoms with Crippen LogP contribution in [0.4, 0.5) is 5.69 Å². The van der Waals surface area contributed by atoms with E-state index in [9.17, 15) is 14.4 Å². The van der Waals surface area contributed by atoms with Crippen LogP contribution in [0.2, 0.25) is 0 Å². The predicted octanol–water partition coefficient (Wildman–Crippen LogP) is 2.00. The first-order chi connectivity index (χ1) is 11.0. The number of rotatable bonds is 7. The lowest BCUT2D eigenvalue weighted by molar-refractivity contribution is -0.142. The van der Waals surface area contributed by atoms with Crippen molar-refractivity contribution in [2.75, 3.05) is 25.0 Å².